The standard InChI is InChI=1S/C17H25N3O/c1-11-5-4-8-19-14(11)6-7-17(2,3)20-16(21)15-12-9-18-10-13(12)15/h4-5,8,12-13,15,18H,6-7,9-10H2,1-3H3,(H,20,21)/t12-,13+,15?. The van der Waals surface area contributed by atoms with Gasteiger partial charge in [0.15, 0.2) is 0 Å². The number of hydrogen-bond acceptors (Lipinski definition) is 3. The molecule has 0 bridgehead atoms. The summed E-state index contributed by atoms with van der Waals surface area (Å²) in [6, 6.07) is 4.05. The Morgan fingerprint density at radius 2 is 2.14 bits per heavy atom. The first-order valence-corrected chi connectivity index (χ1v) is 7.91. The monoisotopic (exact) mass is 287 g/mol. The second-order valence-electron chi connectivity index (χ2n) is 7.15. The SMILES string of the molecule is Cc1cccnc1CCC(C)(C)NC(=O)C1[C@H]2CNC[C@@H]12. The van der Waals surface area contributed by atoms with Crippen LogP contribution in [-0.2, 0) is 11.2 Å². The summed E-state index contributed by atoms with van der Waals surface area (Å²) in [5.41, 5.74) is 2.18. The highest BCUT2D eigenvalue weighted by atomic mass is 16.2. The molecular formula is C17H25N3O. The quantitative estimate of drug-likeness (QED) is 0.866. The molecule has 1 aliphatic heterocycles. The molecule has 2 heterocycles. The Morgan fingerprint density at radius 1 is 1.43 bits per heavy atom. The van der Waals surface area contributed by atoms with Gasteiger partial charge in [0, 0.05) is 23.3 Å². The number of amides is 1. The average molecular weight is 287 g/mol. The molecule has 0 radical (unpaired) electrons. The minimum absolute atomic E-state index is 0.175. The number of nitrogens with zero attached hydrogens (tertiary/aromatic N) is 1. The van der Waals surface area contributed by atoms with Gasteiger partial charge in [-0.3, -0.25) is 9.78 Å². The first-order chi connectivity index (χ1) is 9.98. The van der Waals surface area contributed by atoms with Crippen LogP contribution in [-0.4, -0.2) is 29.5 Å². The van der Waals surface area contributed by atoms with E-state index in [1.807, 2.05) is 12.3 Å². The molecule has 4 nitrogen and oxygen atoms in total. The van der Waals surface area contributed by atoms with Crippen LogP contribution in [0.15, 0.2) is 18.3 Å². The molecule has 1 unspecified atom stereocenters. The number of carbonyl (C=O) groups excluding carboxylic acids is 1. The highest BCUT2D eigenvalue weighted by Crippen LogP contribution is 2.48. The molecule has 1 amide bonds. The lowest BCUT2D eigenvalue weighted by molar-refractivity contribution is -0.124. The van der Waals surface area contributed by atoms with E-state index in [-0.39, 0.29) is 17.4 Å². The minimum Gasteiger partial charge on any atom is -0.351 e. The van der Waals surface area contributed by atoms with Gasteiger partial charge in [0.2, 0.25) is 5.91 Å². The van der Waals surface area contributed by atoms with Gasteiger partial charge in [-0.15, -0.1) is 0 Å². The van der Waals surface area contributed by atoms with Crippen molar-refractivity contribution in [2.75, 3.05) is 13.1 Å². The number of aryl methyl sites for hydroxylation is 2. The minimum atomic E-state index is -0.175. The van der Waals surface area contributed by atoms with Crippen LogP contribution in [0.5, 0.6) is 0 Å². The van der Waals surface area contributed by atoms with E-state index in [2.05, 4.69) is 42.5 Å². The smallest absolute Gasteiger partial charge is 0.224 e. The van der Waals surface area contributed by atoms with Crippen LogP contribution in [0.2, 0.25) is 0 Å². The molecule has 2 fully saturated rings. The maximum absolute atomic E-state index is 12.4. The van der Waals surface area contributed by atoms with E-state index in [0.717, 1.165) is 31.6 Å². The summed E-state index contributed by atoms with van der Waals surface area (Å²) in [4.78, 5) is 16.8. The Bertz CT molecular complexity index is 531. The molecule has 1 saturated carbocycles. The molecule has 1 saturated heterocycles. The fraction of sp³-hybridized carbons (Fsp3) is 0.647. The molecule has 1 aromatic heterocycles. The van der Waals surface area contributed by atoms with Crippen molar-refractivity contribution in [1.82, 2.24) is 15.6 Å². The predicted octanol–water partition coefficient (Wildman–Crippen LogP) is 1.68. The third-order valence-electron chi connectivity index (χ3n) is 4.96. The normalized spacial score (nSPS) is 27.3. The lowest BCUT2D eigenvalue weighted by Crippen LogP contribution is -2.45. The molecule has 0 aromatic carbocycles. The third kappa shape index (κ3) is 3.10. The topological polar surface area (TPSA) is 54.0 Å². The van der Waals surface area contributed by atoms with Crippen LogP contribution in [0.3, 0.4) is 0 Å². The third-order valence-corrected chi connectivity index (χ3v) is 4.96. The van der Waals surface area contributed by atoms with E-state index in [4.69, 9.17) is 0 Å². The maximum atomic E-state index is 12.4. The van der Waals surface area contributed by atoms with Crippen molar-refractivity contribution in [3.05, 3.63) is 29.6 Å². The Hall–Kier alpha value is -1.42. The number of pyridine rings is 1. The number of aromatic nitrogens is 1. The molecular weight excluding hydrogens is 262 g/mol. The van der Waals surface area contributed by atoms with Crippen molar-refractivity contribution in [3.63, 3.8) is 0 Å². The van der Waals surface area contributed by atoms with Crippen molar-refractivity contribution in [1.29, 1.82) is 0 Å². The molecule has 1 aliphatic carbocycles. The molecule has 2 aliphatic rings. The molecule has 0 spiro atoms. The Labute approximate surface area is 126 Å². The second kappa shape index (κ2) is 5.41. The lowest BCUT2D eigenvalue weighted by atomic mass is 9.95. The van der Waals surface area contributed by atoms with Gasteiger partial charge in [-0.25, -0.2) is 0 Å². The van der Waals surface area contributed by atoms with E-state index in [0.29, 0.717) is 11.8 Å². The van der Waals surface area contributed by atoms with Gasteiger partial charge in [0.1, 0.15) is 0 Å². The lowest BCUT2D eigenvalue weighted by Gasteiger charge is -2.27. The van der Waals surface area contributed by atoms with Gasteiger partial charge < -0.3 is 10.6 Å². The van der Waals surface area contributed by atoms with Crippen molar-refractivity contribution in [3.8, 4) is 0 Å². The van der Waals surface area contributed by atoms with Crippen molar-refractivity contribution in [2.45, 2.75) is 39.2 Å². The molecule has 2 N–H and O–H groups in total. The number of piperidine rings is 1. The van der Waals surface area contributed by atoms with Gasteiger partial charge in [0.05, 0.1) is 0 Å². The van der Waals surface area contributed by atoms with Gasteiger partial charge in [0.25, 0.3) is 0 Å². The zero-order chi connectivity index (χ0) is 15.0. The fourth-order valence-electron chi connectivity index (χ4n) is 3.50. The van der Waals surface area contributed by atoms with Crippen LogP contribution in [0, 0.1) is 24.7 Å². The summed E-state index contributed by atoms with van der Waals surface area (Å²) in [6.45, 7) is 8.33. The van der Waals surface area contributed by atoms with Crippen molar-refractivity contribution < 1.29 is 4.79 Å². The first kappa shape index (κ1) is 14.5. The molecule has 3 rings (SSSR count). The summed E-state index contributed by atoms with van der Waals surface area (Å²) in [7, 11) is 0. The molecule has 1 aromatic rings. The van der Waals surface area contributed by atoms with Crippen LogP contribution in [0.1, 0.15) is 31.5 Å². The van der Waals surface area contributed by atoms with E-state index in [1.54, 1.807) is 0 Å². The van der Waals surface area contributed by atoms with Crippen LogP contribution in [0.4, 0.5) is 0 Å². The zero-order valence-electron chi connectivity index (χ0n) is 13.1. The molecule has 4 heteroatoms. The first-order valence-electron chi connectivity index (χ1n) is 7.91. The maximum Gasteiger partial charge on any atom is 0.224 e. The summed E-state index contributed by atoms with van der Waals surface area (Å²) in [6.07, 6.45) is 3.65. The van der Waals surface area contributed by atoms with E-state index < -0.39 is 0 Å². The highest BCUT2D eigenvalue weighted by molar-refractivity contribution is 5.83. The van der Waals surface area contributed by atoms with E-state index in [1.165, 1.54) is 5.56 Å². The number of carbonyl (C=O) groups is 1. The zero-order valence-corrected chi connectivity index (χ0v) is 13.1. The summed E-state index contributed by atoms with van der Waals surface area (Å²) in [5, 5.41) is 6.58. The number of fused-ring (bicyclic) bond motifs is 1. The number of hydrogen-bond donors (Lipinski definition) is 2. The molecule has 21 heavy (non-hydrogen) atoms. The van der Waals surface area contributed by atoms with Gasteiger partial charge >= 0.3 is 0 Å². The predicted molar refractivity (Wildman–Crippen MR) is 82.9 cm³/mol. The van der Waals surface area contributed by atoms with E-state index in [9.17, 15) is 4.79 Å². The summed E-state index contributed by atoms with van der Waals surface area (Å²) >= 11 is 0. The van der Waals surface area contributed by atoms with Crippen LogP contribution in [0.25, 0.3) is 0 Å². The largest absolute Gasteiger partial charge is 0.351 e. The fourth-order valence-corrected chi connectivity index (χ4v) is 3.50. The van der Waals surface area contributed by atoms with Gasteiger partial charge in [-0.05, 0) is 70.2 Å². The van der Waals surface area contributed by atoms with Crippen molar-refractivity contribution >= 4 is 5.91 Å². The second-order valence-corrected chi connectivity index (χ2v) is 7.15. The van der Waals surface area contributed by atoms with E-state index >= 15 is 0 Å². The van der Waals surface area contributed by atoms with Crippen LogP contribution < -0.4 is 10.6 Å². The average Bonchev–Trinajstić information content (AvgIpc) is 2.92. The summed E-state index contributed by atoms with van der Waals surface area (Å²) < 4.78 is 0. The highest BCUT2D eigenvalue weighted by Gasteiger charge is 2.57. The Kier molecular flexibility index (Phi) is 3.74. The van der Waals surface area contributed by atoms with Crippen LogP contribution >= 0.6 is 0 Å². The summed E-state index contributed by atoms with van der Waals surface area (Å²) in [5.74, 6) is 1.66. The van der Waals surface area contributed by atoms with Gasteiger partial charge in [-0.1, -0.05) is 6.07 Å². The number of rotatable bonds is 5. The Morgan fingerprint density at radius 3 is 2.81 bits per heavy atom. The molecule has 114 valence electrons. The van der Waals surface area contributed by atoms with Gasteiger partial charge in [-0.2, -0.15) is 0 Å². The van der Waals surface area contributed by atoms with Crippen molar-refractivity contribution in [2.24, 2.45) is 17.8 Å². The Balaban J connectivity index is 1.52. The number of nitrogens with one attached hydrogen (secondary N) is 2. The molecule has 3 atom stereocenters.